The maximum absolute atomic E-state index is 10.9. The highest BCUT2D eigenvalue weighted by Gasteiger charge is 2.27. The van der Waals surface area contributed by atoms with E-state index in [2.05, 4.69) is 15.3 Å². The van der Waals surface area contributed by atoms with E-state index in [0.717, 1.165) is 19.2 Å². The number of ether oxygens (including phenoxy) is 1. The molecule has 1 aromatic carbocycles. The molecule has 1 N–H and O–H groups in total. The SMILES string of the molecule is COc1c([N+](=O)[O-])cc(NN=C(C#N)C#N)cc1[N+](=O)[O-]. The van der Waals surface area contributed by atoms with Gasteiger partial charge in [-0.3, -0.25) is 25.7 Å². The summed E-state index contributed by atoms with van der Waals surface area (Å²) in [7, 11) is 1.06. The molecule has 0 aliphatic carbocycles. The normalized spacial score (nSPS) is 8.90. The van der Waals surface area contributed by atoms with Crippen LogP contribution in [0.5, 0.6) is 5.75 Å². The molecule has 0 saturated carbocycles. The van der Waals surface area contributed by atoms with Crippen LogP contribution in [0.3, 0.4) is 0 Å². The second kappa shape index (κ2) is 6.44. The van der Waals surface area contributed by atoms with Crippen molar-refractivity contribution in [3.63, 3.8) is 0 Å². The van der Waals surface area contributed by atoms with Crippen molar-refractivity contribution in [2.45, 2.75) is 0 Å². The van der Waals surface area contributed by atoms with Gasteiger partial charge in [0.1, 0.15) is 12.1 Å². The maximum Gasteiger partial charge on any atom is 0.320 e. The summed E-state index contributed by atoms with van der Waals surface area (Å²) in [6, 6.07) is 4.77. The predicted molar refractivity (Wildman–Crippen MR) is 68.6 cm³/mol. The molecule has 0 aliphatic heterocycles. The number of hydrazone groups is 1. The van der Waals surface area contributed by atoms with Crippen LogP contribution in [0.2, 0.25) is 0 Å². The molecule has 11 heteroatoms. The Hall–Kier alpha value is -3.73. The Bertz CT molecular complexity index is 663. The van der Waals surface area contributed by atoms with E-state index in [4.69, 9.17) is 10.5 Å². The van der Waals surface area contributed by atoms with Gasteiger partial charge in [0.25, 0.3) is 5.75 Å². The minimum atomic E-state index is -0.865. The quantitative estimate of drug-likeness (QED) is 0.481. The topological polar surface area (TPSA) is 167 Å². The molecule has 0 unspecified atom stereocenters. The Labute approximate surface area is 117 Å². The number of hydrogen-bond donors (Lipinski definition) is 1. The van der Waals surface area contributed by atoms with Gasteiger partial charge in [-0.05, 0) is 0 Å². The van der Waals surface area contributed by atoms with Gasteiger partial charge in [0, 0.05) is 12.1 Å². The summed E-state index contributed by atoms with van der Waals surface area (Å²) in [5.41, 5.74) is 0.174. The third kappa shape index (κ3) is 3.39. The number of methoxy groups -OCH3 is 1. The van der Waals surface area contributed by atoms with E-state index < -0.39 is 32.7 Å². The second-order valence-corrected chi connectivity index (χ2v) is 3.36. The molecule has 0 aromatic heterocycles. The molecule has 0 bridgehead atoms. The van der Waals surface area contributed by atoms with E-state index in [1.54, 1.807) is 0 Å². The van der Waals surface area contributed by atoms with Gasteiger partial charge in [0.05, 0.1) is 22.6 Å². The zero-order chi connectivity index (χ0) is 16.0. The average Bonchev–Trinajstić information content (AvgIpc) is 2.47. The van der Waals surface area contributed by atoms with Gasteiger partial charge in [-0.1, -0.05) is 0 Å². The van der Waals surface area contributed by atoms with Gasteiger partial charge < -0.3 is 4.74 Å². The molecule has 0 spiro atoms. The van der Waals surface area contributed by atoms with E-state index in [0.29, 0.717) is 0 Å². The predicted octanol–water partition coefficient (Wildman–Crippen LogP) is 1.33. The molecule has 0 atom stereocenters. The zero-order valence-electron chi connectivity index (χ0n) is 10.4. The molecule has 11 nitrogen and oxygen atoms in total. The number of anilines is 1. The average molecular weight is 290 g/mol. The van der Waals surface area contributed by atoms with Crippen molar-refractivity contribution in [2.75, 3.05) is 12.5 Å². The number of nitriles is 2. The van der Waals surface area contributed by atoms with Crippen molar-refractivity contribution >= 4 is 22.8 Å². The maximum atomic E-state index is 10.9. The third-order valence-corrected chi connectivity index (χ3v) is 2.16. The first-order valence-electron chi connectivity index (χ1n) is 5.09. The second-order valence-electron chi connectivity index (χ2n) is 3.36. The fourth-order valence-corrected chi connectivity index (χ4v) is 1.34. The van der Waals surface area contributed by atoms with Crippen LogP contribution >= 0.6 is 0 Å². The molecule has 0 fully saturated rings. The molecule has 21 heavy (non-hydrogen) atoms. The van der Waals surface area contributed by atoms with Gasteiger partial charge in [-0.15, -0.1) is 0 Å². The van der Waals surface area contributed by atoms with Crippen LogP contribution in [-0.2, 0) is 0 Å². The highest BCUT2D eigenvalue weighted by molar-refractivity contribution is 6.10. The van der Waals surface area contributed by atoms with Crippen molar-refractivity contribution in [1.29, 1.82) is 10.5 Å². The lowest BCUT2D eigenvalue weighted by Crippen LogP contribution is -2.02. The Morgan fingerprint density at radius 1 is 1.24 bits per heavy atom. The molecule has 0 aliphatic rings. The van der Waals surface area contributed by atoms with Crippen LogP contribution in [-0.4, -0.2) is 22.7 Å². The van der Waals surface area contributed by atoms with Crippen molar-refractivity contribution in [3.05, 3.63) is 32.4 Å². The van der Waals surface area contributed by atoms with Gasteiger partial charge in [-0.25, -0.2) is 0 Å². The fraction of sp³-hybridized carbons (Fsp3) is 0.100. The summed E-state index contributed by atoms with van der Waals surface area (Å²) in [6.07, 6.45) is 0. The van der Waals surface area contributed by atoms with E-state index in [9.17, 15) is 20.2 Å². The molecule has 1 rings (SSSR count). The number of hydrogen-bond acceptors (Lipinski definition) is 9. The van der Waals surface area contributed by atoms with Crippen molar-refractivity contribution in [1.82, 2.24) is 0 Å². The number of rotatable bonds is 5. The molecule has 0 amide bonds. The Morgan fingerprint density at radius 3 is 2.05 bits per heavy atom. The minimum absolute atomic E-state index is 0.141. The molecule has 0 saturated heterocycles. The summed E-state index contributed by atoms with van der Waals surface area (Å²) >= 11 is 0. The van der Waals surface area contributed by atoms with Crippen LogP contribution in [0.15, 0.2) is 17.2 Å². The summed E-state index contributed by atoms with van der Waals surface area (Å²) in [6.45, 7) is 0. The van der Waals surface area contributed by atoms with E-state index in [1.807, 2.05) is 0 Å². The van der Waals surface area contributed by atoms with Crippen LogP contribution in [0.25, 0.3) is 0 Å². The van der Waals surface area contributed by atoms with Gasteiger partial charge >= 0.3 is 11.4 Å². The zero-order valence-corrected chi connectivity index (χ0v) is 10.4. The summed E-state index contributed by atoms with van der Waals surface area (Å²) in [5, 5.41) is 42.1. The number of nitro benzene ring substituents is 2. The van der Waals surface area contributed by atoms with Gasteiger partial charge in [-0.2, -0.15) is 15.6 Å². The van der Waals surface area contributed by atoms with E-state index >= 15 is 0 Å². The molecule has 0 heterocycles. The summed E-state index contributed by atoms with van der Waals surface area (Å²) < 4.78 is 4.67. The molecule has 0 radical (unpaired) electrons. The summed E-state index contributed by atoms with van der Waals surface area (Å²) in [5.74, 6) is -0.514. The van der Waals surface area contributed by atoms with Crippen LogP contribution in [0.4, 0.5) is 17.1 Å². The van der Waals surface area contributed by atoms with Crippen molar-refractivity contribution < 1.29 is 14.6 Å². The standard InChI is InChI=1S/C10H6N6O5/c1-21-10-8(15(17)18)2-6(3-9(10)16(19)20)13-14-7(4-11)5-12/h2-3,13H,1H3. The monoisotopic (exact) mass is 290 g/mol. The van der Waals surface area contributed by atoms with Crippen LogP contribution in [0, 0.1) is 42.9 Å². The Kier molecular flexibility index (Phi) is 4.70. The smallest absolute Gasteiger partial charge is 0.320 e. The first kappa shape index (κ1) is 15.3. The number of nitrogens with one attached hydrogen (secondary N) is 1. The highest BCUT2D eigenvalue weighted by Crippen LogP contribution is 2.39. The largest absolute Gasteiger partial charge is 0.485 e. The number of benzene rings is 1. The first-order chi connectivity index (χ1) is 9.94. The molecule has 1 aromatic rings. The van der Waals surface area contributed by atoms with Crippen molar-refractivity contribution in [3.8, 4) is 17.9 Å². The molecular formula is C10H6N6O5. The van der Waals surface area contributed by atoms with Crippen LogP contribution in [0.1, 0.15) is 0 Å². The summed E-state index contributed by atoms with van der Waals surface area (Å²) in [4.78, 5) is 20.1. The number of nitro groups is 2. The lowest BCUT2D eigenvalue weighted by molar-refractivity contribution is -0.395. The molecule has 106 valence electrons. The van der Waals surface area contributed by atoms with Crippen LogP contribution < -0.4 is 10.2 Å². The number of nitrogens with zero attached hydrogens (tertiary/aromatic N) is 5. The van der Waals surface area contributed by atoms with E-state index in [-0.39, 0.29) is 5.69 Å². The first-order valence-corrected chi connectivity index (χ1v) is 5.09. The highest BCUT2D eigenvalue weighted by atomic mass is 16.6. The van der Waals surface area contributed by atoms with Gasteiger partial charge in [0.2, 0.25) is 5.71 Å². The minimum Gasteiger partial charge on any atom is -0.485 e. The lowest BCUT2D eigenvalue weighted by Gasteiger charge is -2.05. The molecular weight excluding hydrogens is 284 g/mol. The Morgan fingerprint density at radius 2 is 1.71 bits per heavy atom. The van der Waals surface area contributed by atoms with Crippen molar-refractivity contribution in [2.24, 2.45) is 5.10 Å². The Balaban J connectivity index is 3.40. The third-order valence-electron chi connectivity index (χ3n) is 2.16. The lowest BCUT2D eigenvalue weighted by atomic mass is 10.2. The van der Waals surface area contributed by atoms with Gasteiger partial charge in [0.15, 0.2) is 0 Å². The van der Waals surface area contributed by atoms with E-state index in [1.165, 1.54) is 12.1 Å². The fourth-order valence-electron chi connectivity index (χ4n) is 1.34.